The SMILES string of the molecule is O=C1CCC(N2Cc3cc(C4CCN(CC5CCN(c6cccc(S(=O)(=O)N7CCC(Nc8ncc9ccc(=O)n(C%10CCCC%10)c9n8)CC7)c6)CC5)CC4)ccc3C2=O)C(=O)N1. The van der Waals surface area contributed by atoms with Crippen molar-refractivity contribution >= 4 is 50.4 Å². The number of fused-ring (bicyclic) bond motifs is 2. The summed E-state index contributed by atoms with van der Waals surface area (Å²) in [6, 6.07) is 16.6. The van der Waals surface area contributed by atoms with E-state index in [0.29, 0.717) is 72.8 Å². The molecule has 5 aliphatic heterocycles. The van der Waals surface area contributed by atoms with Gasteiger partial charge in [-0.1, -0.05) is 31.0 Å². The minimum atomic E-state index is -3.68. The van der Waals surface area contributed by atoms with Crippen molar-refractivity contribution in [2.75, 3.05) is 56.0 Å². The predicted octanol–water partition coefficient (Wildman–Crippen LogP) is 5.03. The summed E-state index contributed by atoms with van der Waals surface area (Å²) in [7, 11) is -3.68. The van der Waals surface area contributed by atoms with E-state index in [1.54, 1.807) is 33.6 Å². The van der Waals surface area contributed by atoms with Gasteiger partial charge in [-0.3, -0.25) is 29.1 Å². The van der Waals surface area contributed by atoms with E-state index in [4.69, 9.17) is 4.98 Å². The van der Waals surface area contributed by atoms with Gasteiger partial charge < -0.3 is 20.0 Å². The number of imide groups is 1. The lowest BCUT2D eigenvalue weighted by Crippen LogP contribution is -2.52. The molecule has 1 saturated carbocycles. The molecule has 10 rings (SSSR count). The minimum absolute atomic E-state index is 0.0164. The van der Waals surface area contributed by atoms with Crippen LogP contribution in [0.2, 0.25) is 0 Å². The Labute approximate surface area is 368 Å². The molecule has 5 fully saturated rings. The molecule has 332 valence electrons. The molecular weight excluding hydrogens is 819 g/mol. The maximum absolute atomic E-state index is 14.0. The molecule has 16 heteroatoms. The second kappa shape index (κ2) is 17.4. The van der Waals surface area contributed by atoms with Crippen LogP contribution in [0.1, 0.15) is 110 Å². The maximum Gasteiger partial charge on any atom is 0.255 e. The maximum atomic E-state index is 14.0. The first-order valence-corrected chi connectivity index (χ1v) is 24.5. The third-order valence-corrected chi connectivity index (χ3v) is 16.6. The quantitative estimate of drug-likeness (QED) is 0.205. The van der Waals surface area contributed by atoms with Gasteiger partial charge in [0.2, 0.25) is 27.8 Å². The highest BCUT2D eigenvalue weighted by Gasteiger charge is 2.40. The first kappa shape index (κ1) is 41.8. The Morgan fingerprint density at radius 2 is 1.57 bits per heavy atom. The fourth-order valence-corrected chi connectivity index (χ4v) is 12.6. The van der Waals surface area contributed by atoms with Crippen molar-refractivity contribution in [2.24, 2.45) is 5.92 Å². The number of piperidine rings is 4. The number of hydrogen-bond donors (Lipinski definition) is 2. The normalized spacial score (nSPS) is 22.9. The average Bonchev–Trinajstić information content (AvgIpc) is 3.95. The molecule has 2 aromatic heterocycles. The van der Waals surface area contributed by atoms with Gasteiger partial charge in [-0.05, 0) is 124 Å². The Hall–Kier alpha value is -5.19. The Balaban J connectivity index is 0.689. The number of aromatic nitrogens is 3. The number of hydrogen-bond acceptors (Lipinski definition) is 11. The van der Waals surface area contributed by atoms with Gasteiger partial charge in [-0.2, -0.15) is 9.29 Å². The standard InChI is InChI=1S/C47H57N9O6S/c57-42-12-11-41(45(59)50-42)55-30-35-26-33(8-10-40(35)46(55)60)32-16-20-52(21-17-32)29-31-14-22-53(23-15-31)38-6-3-7-39(27-38)63(61,62)54-24-18-36(19-25-54)49-47-48-28-34-9-13-43(58)56(44(34)51-47)37-4-1-2-5-37/h3,6-10,13,26-28,31-32,36-37,41H,1-2,4-5,11-12,14-25,29-30H2,(H,48,49,51)(H,50,57,59). The molecule has 1 atom stereocenters. The average molecular weight is 876 g/mol. The predicted molar refractivity (Wildman–Crippen MR) is 239 cm³/mol. The lowest BCUT2D eigenvalue weighted by Gasteiger charge is -2.38. The number of pyridine rings is 1. The van der Waals surface area contributed by atoms with Crippen molar-refractivity contribution in [2.45, 2.75) is 113 Å². The van der Waals surface area contributed by atoms with Crippen LogP contribution in [-0.4, -0.2) is 113 Å². The van der Waals surface area contributed by atoms with Crippen LogP contribution in [0.4, 0.5) is 11.6 Å². The molecule has 0 radical (unpaired) electrons. The molecule has 15 nitrogen and oxygen atoms in total. The summed E-state index contributed by atoms with van der Waals surface area (Å²) in [4.78, 5) is 66.4. The molecule has 1 aliphatic carbocycles. The number of carbonyl (C=O) groups is 3. The first-order chi connectivity index (χ1) is 30.6. The number of anilines is 2. The van der Waals surface area contributed by atoms with Crippen LogP contribution in [0.25, 0.3) is 11.0 Å². The van der Waals surface area contributed by atoms with Gasteiger partial charge in [0.25, 0.3) is 11.5 Å². The molecule has 3 amide bonds. The topological polar surface area (TPSA) is 170 Å². The van der Waals surface area contributed by atoms with Crippen LogP contribution >= 0.6 is 0 Å². The molecule has 0 spiro atoms. The number of nitrogens with one attached hydrogen (secondary N) is 2. The summed E-state index contributed by atoms with van der Waals surface area (Å²) in [5.41, 5.74) is 4.46. The number of benzene rings is 2. The third-order valence-electron chi connectivity index (χ3n) is 14.7. The monoisotopic (exact) mass is 875 g/mol. The lowest BCUT2D eigenvalue weighted by molar-refractivity contribution is -0.136. The summed E-state index contributed by atoms with van der Waals surface area (Å²) in [5, 5.41) is 6.66. The van der Waals surface area contributed by atoms with Crippen molar-refractivity contribution in [3.05, 3.63) is 87.8 Å². The summed E-state index contributed by atoms with van der Waals surface area (Å²) in [5.74, 6) is 0.686. The van der Waals surface area contributed by atoms with Gasteiger partial charge in [0.15, 0.2) is 0 Å². The van der Waals surface area contributed by atoms with Crippen LogP contribution in [0, 0.1) is 5.92 Å². The molecule has 7 heterocycles. The molecule has 4 aromatic rings. The number of carbonyl (C=O) groups excluding carboxylic acids is 3. The van der Waals surface area contributed by atoms with Gasteiger partial charge in [0.1, 0.15) is 11.7 Å². The Bertz CT molecular complexity index is 2570. The van der Waals surface area contributed by atoms with Crippen molar-refractivity contribution in [1.82, 2.24) is 34.0 Å². The van der Waals surface area contributed by atoms with E-state index in [0.717, 1.165) is 101 Å². The number of rotatable bonds is 10. The Morgan fingerprint density at radius 3 is 2.33 bits per heavy atom. The summed E-state index contributed by atoms with van der Waals surface area (Å²) in [6.45, 7) is 6.08. The van der Waals surface area contributed by atoms with E-state index in [9.17, 15) is 27.6 Å². The van der Waals surface area contributed by atoms with E-state index in [2.05, 4.69) is 37.6 Å². The van der Waals surface area contributed by atoms with Crippen molar-refractivity contribution in [3.63, 3.8) is 0 Å². The molecule has 4 saturated heterocycles. The third kappa shape index (κ3) is 8.49. The van der Waals surface area contributed by atoms with E-state index in [-0.39, 0.29) is 41.8 Å². The van der Waals surface area contributed by atoms with E-state index >= 15 is 0 Å². The molecule has 2 N–H and O–H groups in total. The second-order valence-electron chi connectivity index (χ2n) is 18.6. The van der Waals surface area contributed by atoms with E-state index < -0.39 is 16.1 Å². The second-order valence-corrected chi connectivity index (χ2v) is 20.5. The van der Waals surface area contributed by atoms with Crippen molar-refractivity contribution in [3.8, 4) is 0 Å². The molecular formula is C47H57N9O6S. The Kier molecular flexibility index (Phi) is 11.6. The van der Waals surface area contributed by atoms with Crippen molar-refractivity contribution < 1.29 is 22.8 Å². The number of nitrogens with zero attached hydrogens (tertiary/aromatic N) is 7. The fraction of sp³-hybridized carbons (Fsp3) is 0.532. The molecule has 6 aliphatic rings. The highest BCUT2D eigenvalue weighted by atomic mass is 32.2. The zero-order valence-electron chi connectivity index (χ0n) is 35.8. The Morgan fingerprint density at radius 1 is 0.794 bits per heavy atom. The minimum Gasteiger partial charge on any atom is -0.371 e. The van der Waals surface area contributed by atoms with E-state index in [1.165, 1.54) is 5.56 Å². The summed E-state index contributed by atoms with van der Waals surface area (Å²) >= 11 is 0. The number of amides is 3. The van der Waals surface area contributed by atoms with E-state index in [1.807, 2.05) is 28.8 Å². The fourth-order valence-electron chi connectivity index (χ4n) is 11.1. The van der Waals surface area contributed by atoms with Crippen LogP contribution in [0.15, 0.2) is 70.5 Å². The highest BCUT2D eigenvalue weighted by Crippen LogP contribution is 2.36. The highest BCUT2D eigenvalue weighted by molar-refractivity contribution is 7.89. The van der Waals surface area contributed by atoms with Crippen molar-refractivity contribution in [1.29, 1.82) is 0 Å². The van der Waals surface area contributed by atoms with Gasteiger partial charge >= 0.3 is 0 Å². The number of sulfonamides is 1. The van der Waals surface area contributed by atoms with Crippen LogP contribution in [0.5, 0.6) is 0 Å². The van der Waals surface area contributed by atoms with Gasteiger partial charge in [0.05, 0.1) is 4.90 Å². The van der Waals surface area contributed by atoms with Crippen LogP contribution in [-0.2, 0) is 26.2 Å². The zero-order chi connectivity index (χ0) is 43.2. The smallest absolute Gasteiger partial charge is 0.255 e. The van der Waals surface area contributed by atoms with Gasteiger partial charge in [-0.15, -0.1) is 0 Å². The van der Waals surface area contributed by atoms with Gasteiger partial charge in [0, 0.05) is 86.7 Å². The molecule has 1 unspecified atom stereocenters. The summed E-state index contributed by atoms with van der Waals surface area (Å²) < 4.78 is 31.3. The van der Waals surface area contributed by atoms with Crippen LogP contribution in [0.3, 0.4) is 0 Å². The molecule has 2 aromatic carbocycles. The first-order valence-electron chi connectivity index (χ1n) is 23.1. The van der Waals surface area contributed by atoms with Crippen LogP contribution < -0.4 is 21.1 Å². The number of likely N-dealkylation sites (tertiary alicyclic amines) is 1. The molecule has 0 bridgehead atoms. The van der Waals surface area contributed by atoms with Gasteiger partial charge in [-0.25, -0.2) is 13.4 Å². The molecule has 63 heavy (non-hydrogen) atoms. The lowest BCUT2D eigenvalue weighted by atomic mass is 9.87. The summed E-state index contributed by atoms with van der Waals surface area (Å²) in [6.07, 6.45) is 12.0. The zero-order valence-corrected chi connectivity index (χ0v) is 36.6. The largest absolute Gasteiger partial charge is 0.371 e.